The quantitative estimate of drug-likeness (QED) is 0.613. The van der Waals surface area contributed by atoms with Gasteiger partial charge in [-0.1, -0.05) is 20.8 Å². The van der Waals surface area contributed by atoms with Crippen LogP contribution in [0.3, 0.4) is 0 Å². The zero-order valence-electron chi connectivity index (χ0n) is 7.55. The van der Waals surface area contributed by atoms with Gasteiger partial charge in [0.25, 0.3) is 0 Å². The molecule has 0 aliphatic heterocycles. The van der Waals surface area contributed by atoms with Gasteiger partial charge in [-0.3, -0.25) is 4.79 Å². The van der Waals surface area contributed by atoms with Crippen molar-refractivity contribution in [2.24, 2.45) is 23.0 Å². The number of carbonyl (C=O) groups excluding carboxylic acids is 1. The summed E-state index contributed by atoms with van der Waals surface area (Å²) in [6, 6.07) is 0. The molecular formula is C9H17NO. The van der Waals surface area contributed by atoms with Gasteiger partial charge in [0.05, 0.1) is 0 Å². The topological polar surface area (TPSA) is 43.1 Å². The molecule has 1 saturated carbocycles. The first-order chi connectivity index (χ1) is 4.93. The van der Waals surface area contributed by atoms with Crippen LogP contribution in [0.25, 0.3) is 0 Å². The molecule has 2 N–H and O–H groups in total. The molecule has 64 valence electrons. The second-order valence-electron chi connectivity index (χ2n) is 4.56. The molecule has 0 aromatic heterocycles. The van der Waals surface area contributed by atoms with Gasteiger partial charge in [0.2, 0.25) is 5.91 Å². The van der Waals surface area contributed by atoms with E-state index in [2.05, 4.69) is 20.8 Å². The van der Waals surface area contributed by atoms with E-state index >= 15 is 0 Å². The van der Waals surface area contributed by atoms with E-state index in [1.165, 1.54) is 0 Å². The van der Waals surface area contributed by atoms with Crippen molar-refractivity contribution in [1.82, 2.24) is 0 Å². The Morgan fingerprint density at radius 2 is 1.91 bits per heavy atom. The number of amides is 1. The van der Waals surface area contributed by atoms with Crippen molar-refractivity contribution in [2.45, 2.75) is 33.6 Å². The summed E-state index contributed by atoms with van der Waals surface area (Å²) in [5.41, 5.74) is 5.49. The fourth-order valence-electron chi connectivity index (χ4n) is 1.88. The summed E-state index contributed by atoms with van der Waals surface area (Å²) in [5.74, 6) is 0.547. The van der Waals surface area contributed by atoms with E-state index in [1.54, 1.807) is 0 Å². The highest BCUT2D eigenvalue weighted by atomic mass is 16.1. The van der Waals surface area contributed by atoms with Crippen LogP contribution in [0.1, 0.15) is 33.6 Å². The molecular weight excluding hydrogens is 138 g/mol. The van der Waals surface area contributed by atoms with Crippen LogP contribution >= 0.6 is 0 Å². The van der Waals surface area contributed by atoms with E-state index in [0.717, 1.165) is 12.8 Å². The molecule has 2 heteroatoms. The lowest BCUT2D eigenvalue weighted by molar-refractivity contribution is -0.130. The van der Waals surface area contributed by atoms with Crippen LogP contribution in [0, 0.1) is 17.3 Å². The van der Waals surface area contributed by atoms with Gasteiger partial charge in [0, 0.05) is 5.92 Å². The first-order valence-corrected chi connectivity index (χ1v) is 4.22. The van der Waals surface area contributed by atoms with Gasteiger partial charge in [-0.2, -0.15) is 0 Å². The number of nitrogens with two attached hydrogens (primary N) is 1. The van der Waals surface area contributed by atoms with Crippen molar-refractivity contribution in [3.05, 3.63) is 0 Å². The van der Waals surface area contributed by atoms with Crippen molar-refractivity contribution in [2.75, 3.05) is 0 Å². The first-order valence-electron chi connectivity index (χ1n) is 4.22. The van der Waals surface area contributed by atoms with Gasteiger partial charge in [-0.05, 0) is 24.2 Å². The van der Waals surface area contributed by atoms with Crippen molar-refractivity contribution in [1.29, 1.82) is 0 Å². The van der Waals surface area contributed by atoms with Crippen LogP contribution in [0.5, 0.6) is 0 Å². The molecule has 1 fully saturated rings. The summed E-state index contributed by atoms with van der Waals surface area (Å²) in [6.45, 7) is 6.52. The Hall–Kier alpha value is -0.530. The SMILES string of the molecule is CC(C)(C)C1CCC1C(N)=O. The molecule has 1 rings (SSSR count). The highest BCUT2D eigenvalue weighted by Gasteiger charge is 2.41. The molecule has 0 spiro atoms. The van der Waals surface area contributed by atoms with Crippen LogP contribution in [-0.4, -0.2) is 5.91 Å². The van der Waals surface area contributed by atoms with E-state index in [9.17, 15) is 4.79 Å². The predicted octanol–water partition coefficient (Wildman–Crippen LogP) is 1.54. The minimum Gasteiger partial charge on any atom is -0.369 e. The van der Waals surface area contributed by atoms with E-state index < -0.39 is 0 Å². The maximum absolute atomic E-state index is 10.9. The number of rotatable bonds is 1. The number of hydrogen-bond acceptors (Lipinski definition) is 1. The minimum atomic E-state index is -0.115. The normalized spacial score (nSPS) is 31.2. The maximum atomic E-state index is 10.9. The fourth-order valence-corrected chi connectivity index (χ4v) is 1.88. The number of carbonyl (C=O) groups is 1. The van der Waals surface area contributed by atoms with Crippen LogP contribution < -0.4 is 5.73 Å². The van der Waals surface area contributed by atoms with Crippen LogP contribution in [-0.2, 0) is 4.79 Å². The van der Waals surface area contributed by atoms with Crippen molar-refractivity contribution in [3.63, 3.8) is 0 Å². The number of hydrogen-bond donors (Lipinski definition) is 1. The summed E-state index contributed by atoms with van der Waals surface area (Å²) < 4.78 is 0. The lowest BCUT2D eigenvalue weighted by Gasteiger charge is -2.43. The van der Waals surface area contributed by atoms with Gasteiger partial charge in [0.1, 0.15) is 0 Å². The molecule has 11 heavy (non-hydrogen) atoms. The van der Waals surface area contributed by atoms with Crippen molar-refractivity contribution in [3.8, 4) is 0 Å². The lowest BCUT2D eigenvalue weighted by atomic mass is 9.61. The maximum Gasteiger partial charge on any atom is 0.220 e. The van der Waals surface area contributed by atoms with Gasteiger partial charge < -0.3 is 5.73 Å². The van der Waals surface area contributed by atoms with Crippen LogP contribution in [0.15, 0.2) is 0 Å². The molecule has 1 aliphatic carbocycles. The van der Waals surface area contributed by atoms with Crippen LogP contribution in [0.2, 0.25) is 0 Å². The molecule has 0 aromatic carbocycles. The standard InChI is InChI=1S/C9H17NO/c1-9(2,3)7-5-4-6(7)8(10)11/h6-7H,4-5H2,1-3H3,(H2,10,11). The molecule has 2 unspecified atom stereocenters. The van der Waals surface area contributed by atoms with Gasteiger partial charge in [0.15, 0.2) is 0 Å². The molecule has 0 saturated heterocycles. The first kappa shape index (κ1) is 8.57. The zero-order chi connectivity index (χ0) is 8.65. The Bertz CT molecular complexity index is 169. The summed E-state index contributed by atoms with van der Waals surface area (Å²) in [6.07, 6.45) is 2.16. The Morgan fingerprint density at radius 1 is 1.36 bits per heavy atom. The molecule has 0 heterocycles. The fraction of sp³-hybridized carbons (Fsp3) is 0.889. The van der Waals surface area contributed by atoms with E-state index in [4.69, 9.17) is 5.73 Å². The number of primary amides is 1. The Balaban J connectivity index is 2.57. The molecule has 0 aromatic rings. The predicted molar refractivity (Wildman–Crippen MR) is 44.9 cm³/mol. The summed E-state index contributed by atoms with van der Waals surface area (Å²) >= 11 is 0. The van der Waals surface area contributed by atoms with E-state index in [-0.39, 0.29) is 17.2 Å². The highest BCUT2D eigenvalue weighted by molar-refractivity contribution is 5.77. The zero-order valence-corrected chi connectivity index (χ0v) is 7.55. The molecule has 0 radical (unpaired) electrons. The lowest BCUT2D eigenvalue weighted by Crippen LogP contribution is -2.43. The average Bonchev–Trinajstić information content (AvgIpc) is 1.51. The van der Waals surface area contributed by atoms with Gasteiger partial charge in [-0.25, -0.2) is 0 Å². The van der Waals surface area contributed by atoms with Crippen molar-refractivity contribution < 1.29 is 4.79 Å². The monoisotopic (exact) mass is 155 g/mol. The Labute approximate surface area is 68.2 Å². The molecule has 0 bridgehead atoms. The van der Waals surface area contributed by atoms with E-state index in [0.29, 0.717) is 5.92 Å². The summed E-state index contributed by atoms with van der Waals surface area (Å²) in [7, 11) is 0. The Morgan fingerprint density at radius 3 is 2.00 bits per heavy atom. The second-order valence-corrected chi connectivity index (χ2v) is 4.56. The van der Waals surface area contributed by atoms with Gasteiger partial charge in [-0.15, -0.1) is 0 Å². The summed E-state index contributed by atoms with van der Waals surface area (Å²) in [5, 5.41) is 0. The second kappa shape index (κ2) is 2.50. The third kappa shape index (κ3) is 1.55. The molecule has 1 amide bonds. The Kier molecular flexibility index (Phi) is 1.95. The van der Waals surface area contributed by atoms with E-state index in [1.807, 2.05) is 0 Å². The third-order valence-electron chi connectivity index (χ3n) is 2.75. The molecule has 2 nitrogen and oxygen atoms in total. The summed E-state index contributed by atoms with van der Waals surface area (Å²) in [4.78, 5) is 10.9. The third-order valence-corrected chi connectivity index (χ3v) is 2.75. The smallest absolute Gasteiger partial charge is 0.220 e. The van der Waals surface area contributed by atoms with Crippen LogP contribution in [0.4, 0.5) is 0 Å². The average molecular weight is 155 g/mol. The highest BCUT2D eigenvalue weighted by Crippen LogP contribution is 2.45. The molecule has 2 atom stereocenters. The van der Waals surface area contributed by atoms with Gasteiger partial charge >= 0.3 is 0 Å². The largest absolute Gasteiger partial charge is 0.369 e. The van der Waals surface area contributed by atoms with Crippen molar-refractivity contribution >= 4 is 5.91 Å². The minimum absolute atomic E-state index is 0.115. The molecule has 1 aliphatic rings.